The van der Waals surface area contributed by atoms with Crippen LogP contribution < -0.4 is 9.80 Å². The van der Waals surface area contributed by atoms with Crippen LogP contribution >= 0.6 is 0 Å². The topological polar surface area (TPSA) is 88.8 Å². The summed E-state index contributed by atoms with van der Waals surface area (Å²) in [6.45, 7) is 4.66. The number of pyridine rings is 4. The second kappa shape index (κ2) is 16.3. The first-order chi connectivity index (χ1) is 35.5. The molecule has 1 aliphatic heterocycles. The molecule has 0 amide bonds. The summed E-state index contributed by atoms with van der Waals surface area (Å²) in [7, 11) is 0. The lowest BCUT2D eigenvalue weighted by molar-refractivity contribution is 0.632. The van der Waals surface area contributed by atoms with E-state index in [-0.39, 0.29) is 5.41 Å². The van der Waals surface area contributed by atoms with Gasteiger partial charge >= 0.3 is 0 Å². The normalized spacial score (nSPS) is 12.9. The molecule has 340 valence electrons. The highest BCUT2D eigenvalue weighted by molar-refractivity contribution is 6.21. The van der Waals surface area contributed by atoms with Crippen molar-refractivity contribution in [2.75, 3.05) is 9.80 Å². The van der Waals surface area contributed by atoms with E-state index in [9.17, 15) is 0 Å². The summed E-state index contributed by atoms with van der Waals surface area (Å²) in [5, 5.41) is 3.98. The van der Waals surface area contributed by atoms with Gasteiger partial charge in [0, 0.05) is 115 Å². The third-order valence-electron chi connectivity index (χ3n) is 14.4. The molecule has 72 heavy (non-hydrogen) atoms. The lowest BCUT2D eigenvalue weighted by atomic mass is 9.73. The molecule has 0 aliphatic carbocycles. The van der Waals surface area contributed by atoms with E-state index in [4.69, 9.17) is 19.9 Å². The molecule has 0 radical (unpaired) electrons. The van der Waals surface area contributed by atoms with Crippen molar-refractivity contribution in [1.29, 1.82) is 0 Å². The summed E-state index contributed by atoms with van der Waals surface area (Å²) in [4.78, 5) is 34.1. The van der Waals surface area contributed by atoms with Gasteiger partial charge in [-0.25, -0.2) is 0 Å². The van der Waals surface area contributed by atoms with Crippen LogP contribution in [0, 0.1) is 0 Å². The van der Waals surface area contributed by atoms with Gasteiger partial charge in [0.1, 0.15) is 0 Å². The zero-order chi connectivity index (χ0) is 47.9. The maximum absolute atomic E-state index is 5.30. The quantitative estimate of drug-likeness (QED) is 0.146. The van der Waals surface area contributed by atoms with E-state index < -0.39 is 0 Å². The van der Waals surface area contributed by atoms with Crippen molar-refractivity contribution < 1.29 is 0 Å². The summed E-state index contributed by atoms with van der Waals surface area (Å²) >= 11 is 0. The summed E-state index contributed by atoms with van der Waals surface area (Å²) < 4.78 is 2.35. The van der Waals surface area contributed by atoms with Gasteiger partial charge in [-0.1, -0.05) is 98.8 Å². The maximum atomic E-state index is 5.30. The fourth-order valence-electron chi connectivity index (χ4n) is 11.1. The Balaban J connectivity index is 0.988. The zero-order valence-electron chi connectivity index (χ0n) is 39.4. The van der Waals surface area contributed by atoms with Gasteiger partial charge in [-0.2, -0.15) is 0 Å². The third kappa shape index (κ3) is 6.48. The first-order valence-corrected chi connectivity index (χ1v) is 24.1. The average Bonchev–Trinajstić information content (AvgIpc) is 3.77. The van der Waals surface area contributed by atoms with Crippen molar-refractivity contribution in [2.45, 2.75) is 19.3 Å². The highest BCUT2D eigenvalue weighted by Gasteiger charge is 2.36. The molecule has 13 aromatic rings. The number of aromatic nitrogens is 7. The SMILES string of the molecule is CC1(C)c2ccccc2N(c2ccc3c(c2)c2ccc(N(c4ccccc4)c4ccccc4)cc2n3-c2cnc3c(c2)c2nccnc2c2cc(-c4cncc(-c5cccnc5)c4)cnc23)c2ccccc21. The molecule has 0 fully saturated rings. The second-order valence-corrected chi connectivity index (χ2v) is 18.9. The molecule has 1 aliphatic rings. The number of hydrogen-bond acceptors (Lipinski definition) is 8. The van der Waals surface area contributed by atoms with Crippen LogP contribution in [0.3, 0.4) is 0 Å². The molecular weight excluding hydrogens is 883 g/mol. The molecular formula is C63H43N9. The summed E-state index contributed by atoms with van der Waals surface area (Å²) in [6.07, 6.45) is 14.7. The molecule has 0 saturated heterocycles. The van der Waals surface area contributed by atoms with Crippen LogP contribution in [0.1, 0.15) is 25.0 Å². The monoisotopic (exact) mass is 925 g/mol. The molecule has 0 saturated carbocycles. The smallest absolute Gasteiger partial charge is 0.0989 e. The maximum Gasteiger partial charge on any atom is 0.0989 e. The molecule has 9 nitrogen and oxygen atoms in total. The molecule has 0 atom stereocenters. The highest BCUT2D eigenvalue weighted by atomic mass is 15.2. The lowest BCUT2D eigenvalue weighted by Gasteiger charge is -2.42. The molecule has 0 bridgehead atoms. The molecule has 0 unspecified atom stereocenters. The first kappa shape index (κ1) is 41.4. The number of hydrogen-bond donors (Lipinski definition) is 0. The van der Waals surface area contributed by atoms with Crippen LogP contribution in [0.4, 0.5) is 34.1 Å². The van der Waals surface area contributed by atoms with Crippen molar-refractivity contribution in [3.8, 4) is 27.9 Å². The molecule has 0 spiro atoms. The van der Waals surface area contributed by atoms with E-state index in [0.29, 0.717) is 0 Å². The van der Waals surface area contributed by atoms with E-state index in [1.54, 1.807) is 18.6 Å². The standard InChI is InChI=1S/C63H43N9/c1-63(2)53-19-9-11-21-56(53)71(57-22-12-10-20-54(57)63)46-24-26-55-50(32-46)49-25-23-47(70(44-15-5-3-6-16-44)45-17-7-4-8-18-45)34-58(49)72(55)48-33-52-60-59(66-28-29-67-60)51-31-43(38-68-61(51)62(52)69-39-48)42-30-41(36-65-37-42)40-14-13-27-64-35-40/h3-39H,1-2H3. The molecule has 7 aromatic carbocycles. The van der Waals surface area contributed by atoms with Gasteiger partial charge in [-0.05, 0) is 102 Å². The van der Waals surface area contributed by atoms with Gasteiger partial charge in [0.05, 0.1) is 56.4 Å². The van der Waals surface area contributed by atoms with Crippen molar-refractivity contribution in [3.63, 3.8) is 0 Å². The minimum atomic E-state index is -0.172. The Hall–Kier alpha value is -9.60. The summed E-state index contributed by atoms with van der Waals surface area (Å²) in [5.74, 6) is 0. The van der Waals surface area contributed by atoms with Gasteiger partial charge in [-0.15, -0.1) is 0 Å². The number of fused-ring (bicyclic) bond motifs is 11. The van der Waals surface area contributed by atoms with Gasteiger partial charge in [-0.3, -0.25) is 29.9 Å². The third-order valence-corrected chi connectivity index (χ3v) is 14.4. The Bertz CT molecular complexity index is 4160. The van der Waals surface area contributed by atoms with Crippen LogP contribution in [-0.4, -0.2) is 34.5 Å². The molecule has 7 heterocycles. The van der Waals surface area contributed by atoms with E-state index >= 15 is 0 Å². The zero-order valence-corrected chi connectivity index (χ0v) is 39.4. The fraction of sp³-hybridized carbons (Fsp3) is 0.0476. The molecule has 9 heteroatoms. The van der Waals surface area contributed by atoms with Crippen molar-refractivity contribution in [1.82, 2.24) is 34.5 Å². The Labute approximate surface area is 415 Å². The lowest BCUT2D eigenvalue weighted by Crippen LogP contribution is -2.30. The van der Waals surface area contributed by atoms with E-state index in [2.05, 4.69) is 202 Å². The van der Waals surface area contributed by atoms with E-state index in [1.807, 2.05) is 43.1 Å². The van der Waals surface area contributed by atoms with Gasteiger partial charge in [0.15, 0.2) is 0 Å². The number of benzene rings is 7. The Kier molecular flexibility index (Phi) is 9.34. The number of anilines is 6. The first-order valence-electron chi connectivity index (χ1n) is 24.1. The van der Waals surface area contributed by atoms with Gasteiger partial charge in [0.25, 0.3) is 0 Å². The van der Waals surface area contributed by atoms with Gasteiger partial charge < -0.3 is 14.4 Å². The van der Waals surface area contributed by atoms with Crippen molar-refractivity contribution in [2.24, 2.45) is 0 Å². The van der Waals surface area contributed by atoms with E-state index in [0.717, 1.165) is 105 Å². The second-order valence-electron chi connectivity index (χ2n) is 18.9. The predicted molar refractivity (Wildman–Crippen MR) is 292 cm³/mol. The minimum Gasteiger partial charge on any atom is -0.310 e. The van der Waals surface area contributed by atoms with Crippen LogP contribution in [0.25, 0.3) is 82.6 Å². The predicted octanol–water partition coefficient (Wildman–Crippen LogP) is 15.5. The van der Waals surface area contributed by atoms with Crippen LogP contribution in [0.15, 0.2) is 225 Å². The fourth-order valence-corrected chi connectivity index (χ4v) is 11.1. The molecule has 6 aromatic heterocycles. The minimum absolute atomic E-state index is 0.172. The number of nitrogens with zero attached hydrogens (tertiary/aromatic N) is 9. The molecule has 14 rings (SSSR count). The average molecular weight is 926 g/mol. The van der Waals surface area contributed by atoms with Crippen LogP contribution in [0.5, 0.6) is 0 Å². The highest BCUT2D eigenvalue weighted by Crippen LogP contribution is 2.52. The van der Waals surface area contributed by atoms with Crippen molar-refractivity contribution in [3.05, 3.63) is 237 Å². The van der Waals surface area contributed by atoms with E-state index in [1.165, 1.54) is 22.5 Å². The molecule has 0 N–H and O–H groups in total. The van der Waals surface area contributed by atoms with Crippen LogP contribution in [0.2, 0.25) is 0 Å². The Morgan fingerprint density at radius 3 is 1.64 bits per heavy atom. The Morgan fingerprint density at radius 1 is 0.375 bits per heavy atom. The summed E-state index contributed by atoms with van der Waals surface area (Å²) in [5.41, 5.74) is 18.9. The summed E-state index contributed by atoms with van der Waals surface area (Å²) in [6, 6.07) is 62.9. The van der Waals surface area contributed by atoms with Crippen LogP contribution in [-0.2, 0) is 5.41 Å². The van der Waals surface area contributed by atoms with Crippen molar-refractivity contribution >= 4 is 88.8 Å². The number of para-hydroxylation sites is 4. The largest absolute Gasteiger partial charge is 0.310 e. The van der Waals surface area contributed by atoms with Gasteiger partial charge in [0.2, 0.25) is 0 Å². The number of rotatable bonds is 7. The Morgan fingerprint density at radius 2 is 0.958 bits per heavy atom.